The van der Waals surface area contributed by atoms with Crippen LogP contribution in [0.25, 0.3) is 11.0 Å². The number of thiazole rings is 1. The van der Waals surface area contributed by atoms with Gasteiger partial charge in [-0.2, -0.15) is 0 Å². The molecular weight excluding hydrogens is 346 g/mol. The van der Waals surface area contributed by atoms with Crippen LogP contribution in [0, 0.1) is 0 Å². The zero-order valence-electron chi connectivity index (χ0n) is 10.2. The maximum absolute atomic E-state index is 6.04. The Hall–Kier alpha value is -0.910. The smallest absolute Gasteiger partial charge is 0.125 e. The molecule has 0 saturated carbocycles. The molecule has 0 aliphatic carbocycles. The zero-order valence-corrected chi connectivity index (χ0v) is 13.3. The highest BCUT2D eigenvalue weighted by Crippen LogP contribution is 2.29. The third-order valence-electron chi connectivity index (χ3n) is 3.04. The highest BCUT2D eigenvalue weighted by molar-refractivity contribution is 9.10. The fourth-order valence-electron chi connectivity index (χ4n) is 2.19. The molecule has 1 atom stereocenters. The van der Waals surface area contributed by atoms with E-state index in [9.17, 15) is 0 Å². The quantitative estimate of drug-likeness (QED) is 0.642. The minimum Gasteiger partial charge on any atom is -0.317 e. The molecule has 0 radical (unpaired) electrons. The SMILES string of the molecule is CC(c1nccs1)n1c(CCl)nc2ccc(Br)cc21. The highest BCUT2D eigenvalue weighted by Gasteiger charge is 2.18. The van der Waals surface area contributed by atoms with Gasteiger partial charge in [0.15, 0.2) is 0 Å². The predicted octanol–water partition coefficient (Wildman–Crippen LogP) is 4.60. The Morgan fingerprint density at radius 1 is 1.47 bits per heavy atom. The summed E-state index contributed by atoms with van der Waals surface area (Å²) in [6.45, 7) is 2.12. The second-order valence-corrected chi connectivity index (χ2v) is 6.32. The summed E-state index contributed by atoms with van der Waals surface area (Å²) in [5.74, 6) is 1.26. The van der Waals surface area contributed by atoms with Crippen LogP contribution in [-0.4, -0.2) is 14.5 Å². The molecule has 0 N–H and O–H groups in total. The minimum atomic E-state index is 0.132. The molecule has 3 aromatic rings. The van der Waals surface area contributed by atoms with Crippen LogP contribution in [-0.2, 0) is 5.88 Å². The molecule has 98 valence electrons. The fraction of sp³-hybridized carbons (Fsp3) is 0.231. The van der Waals surface area contributed by atoms with Crippen LogP contribution in [0.5, 0.6) is 0 Å². The minimum absolute atomic E-state index is 0.132. The van der Waals surface area contributed by atoms with Crippen LogP contribution in [0.4, 0.5) is 0 Å². The Morgan fingerprint density at radius 2 is 2.32 bits per heavy atom. The molecule has 1 unspecified atom stereocenters. The molecule has 0 aliphatic rings. The van der Waals surface area contributed by atoms with E-state index in [0.29, 0.717) is 5.88 Å². The van der Waals surface area contributed by atoms with Crippen LogP contribution in [0.1, 0.15) is 23.8 Å². The Morgan fingerprint density at radius 3 is 3.00 bits per heavy atom. The molecule has 3 rings (SSSR count). The lowest BCUT2D eigenvalue weighted by molar-refractivity contribution is 0.630. The summed E-state index contributed by atoms with van der Waals surface area (Å²) in [6.07, 6.45) is 1.83. The van der Waals surface area contributed by atoms with E-state index in [1.54, 1.807) is 11.3 Å². The molecular formula is C13H11BrClN3S. The maximum atomic E-state index is 6.04. The van der Waals surface area contributed by atoms with Gasteiger partial charge in [-0.25, -0.2) is 9.97 Å². The summed E-state index contributed by atoms with van der Waals surface area (Å²) in [6, 6.07) is 6.20. The molecule has 0 bridgehead atoms. The third-order valence-corrected chi connectivity index (χ3v) is 4.72. The van der Waals surface area contributed by atoms with E-state index in [1.165, 1.54) is 0 Å². The molecule has 0 fully saturated rings. The van der Waals surface area contributed by atoms with Crippen molar-refractivity contribution in [1.82, 2.24) is 14.5 Å². The van der Waals surface area contributed by atoms with Crippen molar-refractivity contribution in [3.8, 4) is 0 Å². The first-order valence-electron chi connectivity index (χ1n) is 5.82. The summed E-state index contributed by atoms with van der Waals surface area (Å²) >= 11 is 11.2. The second-order valence-electron chi connectivity index (χ2n) is 4.21. The van der Waals surface area contributed by atoms with Gasteiger partial charge in [0.05, 0.1) is 23.0 Å². The molecule has 0 saturated heterocycles. The molecule has 0 spiro atoms. The van der Waals surface area contributed by atoms with Crippen LogP contribution in [0.2, 0.25) is 0 Å². The van der Waals surface area contributed by atoms with Crippen molar-refractivity contribution in [2.45, 2.75) is 18.8 Å². The van der Waals surface area contributed by atoms with E-state index < -0.39 is 0 Å². The summed E-state index contributed by atoms with van der Waals surface area (Å²) in [5, 5.41) is 3.05. The van der Waals surface area contributed by atoms with Gasteiger partial charge in [-0.3, -0.25) is 0 Å². The second kappa shape index (κ2) is 5.23. The number of nitrogens with zero attached hydrogens (tertiary/aromatic N) is 3. The topological polar surface area (TPSA) is 30.7 Å². The standard InChI is InChI=1S/C13H11BrClN3S/c1-8(13-16-4-5-19-13)18-11-6-9(14)2-3-10(11)17-12(18)7-15/h2-6,8H,7H2,1H3. The number of imidazole rings is 1. The van der Waals surface area contributed by atoms with E-state index in [4.69, 9.17) is 11.6 Å². The van der Waals surface area contributed by atoms with Gasteiger partial charge in [0, 0.05) is 16.0 Å². The summed E-state index contributed by atoms with van der Waals surface area (Å²) in [5.41, 5.74) is 2.04. The van der Waals surface area contributed by atoms with Crippen molar-refractivity contribution in [3.63, 3.8) is 0 Å². The van der Waals surface area contributed by atoms with Crippen LogP contribution in [0.15, 0.2) is 34.2 Å². The number of benzene rings is 1. The average molecular weight is 357 g/mol. The van der Waals surface area contributed by atoms with Gasteiger partial charge in [0.25, 0.3) is 0 Å². The van der Waals surface area contributed by atoms with Crippen molar-refractivity contribution >= 4 is 49.9 Å². The van der Waals surface area contributed by atoms with E-state index in [-0.39, 0.29) is 6.04 Å². The van der Waals surface area contributed by atoms with Gasteiger partial charge < -0.3 is 4.57 Å². The first kappa shape index (κ1) is 13.1. The molecule has 0 aliphatic heterocycles. The lowest BCUT2D eigenvalue weighted by Gasteiger charge is -2.14. The number of hydrogen-bond acceptors (Lipinski definition) is 3. The van der Waals surface area contributed by atoms with E-state index in [0.717, 1.165) is 26.3 Å². The summed E-state index contributed by atoms with van der Waals surface area (Å²) < 4.78 is 3.19. The zero-order chi connectivity index (χ0) is 13.4. The van der Waals surface area contributed by atoms with Gasteiger partial charge in [-0.15, -0.1) is 22.9 Å². The first-order valence-corrected chi connectivity index (χ1v) is 8.03. The van der Waals surface area contributed by atoms with Gasteiger partial charge in [-0.1, -0.05) is 15.9 Å². The van der Waals surface area contributed by atoms with Crippen molar-refractivity contribution < 1.29 is 0 Å². The molecule has 19 heavy (non-hydrogen) atoms. The number of rotatable bonds is 3. The Balaban J connectivity index is 2.23. The predicted molar refractivity (Wildman–Crippen MR) is 82.9 cm³/mol. The largest absolute Gasteiger partial charge is 0.317 e. The number of aromatic nitrogens is 3. The number of halogens is 2. The van der Waals surface area contributed by atoms with Crippen molar-refractivity contribution in [2.75, 3.05) is 0 Å². The maximum Gasteiger partial charge on any atom is 0.125 e. The molecule has 0 amide bonds. The van der Waals surface area contributed by atoms with E-state index in [1.807, 2.05) is 23.7 Å². The fourth-order valence-corrected chi connectivity index (χ4v) is 3.42. The van der Waals surface area contributed by atoms with Gasteiger partial charge in [0.1, 0.15) is 10.8 Å². The number of fused-ring (bicyclic) bond motifs is 1. The molecule has 2 aromatic heterocycles. The highest BCUT2D eigenvalue weighted by atomic mass is 79.9. The van der Waals surface area contributed by atoms with Gasteiger partial charge >= 0.3 is 0 Å². The van der Waals surface area contributed by atoms with Crippen LogP contribution in [0.3, 0.4) is 0 Å². The Kier molecular flexibility index (Phi) is 3.60. The van der Waals surface area contributed by atoms with Gasteiger partial charge in [-0.05, 0) is 25.1 Å². The normalized spacial score (nSPS) is 13.0. The Bertz CT molecular complexity index is 708. The lowest BCUT2D eigenvalue weighted by Crippen LogP contribution is -2.09. The van der Waals surface area contributed by atoms with Crippen LogP contribution < -0.4 is 0 Å². The average Bonchev–Trinajstić information content (AvgIpc) is 3.04. The summed E-state index contributed by atoms with van der Waals surface area (Å²) in [4.78, 5) is 8.98. The molecule has 3 nitrogen and oxygen atoms in total. The monoisotopic (exact) mass is 355 g/mol. The molecule has 6 heteroatoms. The number of hydrogen-bond donors (Lipinski definition) is 0. The van der Waals surface area contributed by atoms with E-state index >= 15 is 0 Å². The van der Waals surface area contributed by atoms with Gasteiger partial charge in [0.2, 0.25) is 0 Å². The third kappa shape index (κ3) is 2.30. The Labute approximate surface area is 128 Å². The molecule has 1 aromatic carbocycles. The van der Waals surface area contributed by atoms with Crippen molar-refractivity contribution in [2.24, 2.45) is 0 Å². The first-order chi connectivity index (χ1) is 9.20. The summed E-state index contributed by atoms with van der Waals surface area (Å²) in [7, 11) is 0. The lowest BCUT2D eigenvalue weighted by atomic mass is 10.3. The van der Waals surface area contributed by atoms with E-state index in [2.05, 4.69) is 43.5 Å². The molecule has 2 heterocycles. The number of alkyl halides is 1. The van der Waals surface area contributed by atoms with Crippen molar-refractivity contribution in [3.05, 3.63) is 45.1 Å². The van der Waals surface area contributed by atoms with Crippen molar-refractivity contribution in [1.29, 1.82) is 0 Å². The van der Waals surface area contributed by atoms with Crippen LogP contribution >= 0.6 is 38.9 Å².